The summed E-state index contributed by atoms with van der Waals surface area (Å²) >= 11 is 1.41. The number of aromatic nitrogens is 2. The normalized spacial score (nSPS) is 18.6. The Kier molecular flexibility index (Phi) is 5.82. The highest BCUT2D eigenvalue weighted by Crippen LogP contribution is 2.24. The topological polar surface area (TPSA) is 50.7 Å². The number of hydrogen-bond donors (Lipinski definition) is 0. The molecule has 8 heteroatoms. The van der Waals surface area contributed by atoms with E-state index in [0.717, 1.165) is 42.7 Å². The van der Waals surface area contributed by atoms with E-state index in [1.165, 1.54) is 18.6 Å². The Labute approximate surface area is 151 Å². The highest BCUT2D eigenvalue weighted by Gasteiger charge is 2.26. The van der Waals surface area contributed by atoms with Gasteiger partial charge in [0.05, 0.1) is 7.11 Å². The summed E-state index contributed by atoms with van der Waals surface area (Å²) in [4.78, 5) is 9.14. The third-order valence-electron chi connectivity index (χ3n) is 4.37. The number of benzene rings is 1. The van der Waals surface area contributed by atoms with Gasteiger partial charge in [-0.25, -0.2) is 9.37 Å². The summed E-state index contributed by atoms with van der Waals surface area (Å²) < 4.78 is 28.2. The smallest absolute Gasteiger partial charge is 0.205 e. The molecule has 0 spiro atoms. The van der Waals surface area contributed by atoms with Gasteiger partial charge < -0.3 is 14.4 Å². The molecule has 1 saturated heterocycles. The molecule has 0 saturated carbocycles. The molecule has 0 amide bonds. The molecule has 1 aromatic carbocycles. The van der Waals surface area contributed by atoms with Gasteiger partial charge in [-0.3, -0.25) is 4.90 Å². The summed E-state index contributed by atoms with van der Waals surface area (Å²) in [6.07, 6.45) is 0. The van der Waals surface area contributed by atoms with Crippen molar-refractivity contribution in [3.8, 4) is 5.75 Å². The Bertz CT molecular complexity index is 712. The molecule has 1 fully saturated rings. The van der Waals surface area contributed by atoms with Crippen LogP contribution in [0.4, 0.5) is 9.52 Å². The van der Waals surface area contributed by atoms with Crippen LogP contribution in [0, 0.1) is 5.82 Å². The van der Waals surface area contributed by atoms with E-state index >= 15 is 0 Å². The number of methoxy groups -OCH3 is 2. The van der Waals surface area contributed by atoms with Gasteiger partial charge in [-0.05, 0) is 24.6 Å². The van der Waals surface area contributed by atoms with E-state index in [-0.39, 0.29) is 11.6 Å². The summed E-state index contributed by atoms with van der Waals surface area (Å²) in [6.45, 7) is 6.00. The summed E-state index contributed by atoms with van der Waals surface area (Å²) in [6, 6.07) is 5.50. The molecule has 2 aromatic rings. The fourth-order valence-electron chi connectivity index (χ4n) is 3.01. The molecule has 2 heterocycles. The maximum absolute atomic E-state index is 13.9. The van der Waals surface area contributed by atoms with E-state index in [1.54, 1.807) is 19.2 Å². The van der Waals surface area contributed by atoms with Gasteiger partial charge in [-0.15, -0.1) is 0 Å². The predicted octanol–water partition coefficient (Wildman–Crippen LogP) is 2.54. The van der Waals surface area contributed by atoms with Crippen molar-refractivity contribution >= 4 is 16.7 Å². The van der Waals surface area contributed by atoms with Crippen molar-refractivity contribution in [2.75, 3.05) is 38.8 Å². The largest absolute Gasteiger partial charge is 0.494 e. The third-order valence-corrected chi connectivity index (χ3v) is 5.18. The average Bonchev–Trinajstić information content (AvgIpc) is 3.06. The van der Waals surface area contributed by atoms with Crippen molar-refractivity contribution in [1.29, 1.82) is 0 Å². The molecule has 0 bridgehead atoms. The lowest BCUT2D eigenvalue weighted by Crippen LogP contribution is -2.51. The molecule has 1 aliphatic heterocycles. The second-order valence-corrected chi connectivity index (χ2v) is 6.89. The summed E-state index contributed by atoms with van der Waals surface area (Å²) in [5.41, 5.74) is 0.955. The Balaban J connectivity index is 1.60. The maximum Gasteiger partial charge on any atom is 0.205 e. The molecule has 136 valence electrons. The van der Waals surface area contributed by atoms with Crippen molar-refractivity contribution < 1.29 is 13.9 Å². The van der Waals surface area contributed by atoms with E-state index in [9.17, 15) is 4.39 Å². The standard InChI is InChI=1S/C17H23FN4O2S/c1-12-9-22(17-19-16(11-23-2)20-25-17)7-6-21(12)10-13-4-5-15(24-3)14(18)8-13/h4-5,8,12H,6-7,9-11H2,1-3H3. The van der Waals surface area contributed by atoms with Crippen LogP contribution in [0.3, 0.4) is 0 Å². The molecule has 0 aliphatic carbocycles. The van der Waals surface area contributed by atoms with Crippen molar-refractivity contribution in [3.63, 3.8) is 0 Å². The summed E-state index contributed by atoms with van der Waals surface area (Å²) in [7, 11) is 3.12. The second-order valence-electron chi connectivity index (χ2n) is 6.16. The minimum Gasteiger partial charge on any atom is -0.494 e. The maximum atomic E-state index is 13.9. The number of piperazine rings is 1. The van der Waals surface area contributed by atoms with E-state index in [2.05, 4.69) is 26.1 Å². The van der Waals surface area contributed by atoms with Gasteiger partial charge in [0, 0.05) is 50.9 Å². The van der Waals surface area contributed by atoms with Crippen molar-refractivity contribution in [2.24, 2.45) is 0 Å². The summed E-state index contributed by atoms with van der Waals surface area (Å²) in [5, 5.41) is 0.939. The monoisotopic (exact) mass is 366 g/mol. The third kappa shape index (κ3) is 4.26. The molecule has 1 aromatic heterocycles. The second kappa shape index (κ2) is 8.07. The number of nitrogens with zero attached hydrogens (tertiary/aromatic N) is 4. The van der Waals surface area contributed by atoms with Crippen LogP contribution in [0.15, 0.2) is 18.2 Å². The molecule has 25 heavy (non-hydrogen) atoms. The van der Waals surface area contributed by atoms with Crippen LogP contribution in [-0.4, -0.2) is 54.2 Å². The molecule has 1 atom stereocenters. The molecular weight excluding hydrogens is 343 g/mol. The molecular formula is C17H23FN4O2S. The van der Waals surface area contributed by atoms with E-state index < -0.39 is 0 Å². The van der Waals surface area contributed by atoms with E-state index in [0.29, 0.717) is 12.6 Å². The quantitative estimate of drug-likeness (QED) is 0.783. The predicted molar refractivity (Wildman–Crippen MR) is 95.7 cm³/mol. The first-order valence-electron chi connectivity index (χ1n) is 8.23. The van der Waals surface area contributed by atoms with Crippen LogP contribution >= 0.6 is 11.5 Å². The Morgan fingerprint density at radius 2 is 2.16 bits per heavy atom. The van der Waals surface area contributed by atoms with Gasteiger partial charge in [-0.1, -0.05) is 6.07 Å². The van der Waals surface area contributed by atoms with E-state index in [4.69, 9.17) is 9.47 Å². The number of anilines is 1. The van der Waals surface area contributed by atoms with Crippen LogP contribution in [-0.2, 0) is 17.9 Å². The van der Waals surface area contributed by atoms with Gasteiger partial charge in [0.25, 0.3) is 0 Å². The minimum absolute atomic E-state index is 0.282. The van der Waals surface area contributed by atoms with E-state index in [1.807, 2.05) is 6.07 Å². The highest BCUT2D eigenvalue weighted by atomic mass is 32.1. The van der Waals surface area contributed by atoms with Crippen molar-refractivity contribution in [2.45, 2.75) is 26.1 Å². The van der Waals surface area contributed by atoms with Gasteiger partial charge in [0.2, 0.25) is 5.13 Å². The van der Waals surface area contributed by atoms with Crippen LogP contribution in [0.25, 0.3) is 0 Å². The lowest BCUT2D eigenvalue weighted by molar-refractivity contribution is 0.177. The fourth-order valence-corrected chi connectivity index (χ4v) is 3.72. The van der Waals surface area contributed by atoms with Crippen molar-refractivity contribution in [1.82, 2.24) is 14.3 Å². The highest BCUT2D eigenvalue weighted by molar-refractivity contribution is 7.09. The zero-order valence-corrected chi connectivity index (χ0v) is 15.6. The molecule has 0 N–H and O–H groups in total. The first kappa shape index (κ1) is 18.0. The first-order chi connectivity index (χ1) is 12.1. The first-order valence-corrected chi connectivity index (χ1v) is 9.01. The number of hydrogen-bond acceptors (Lipinski definition) is 7. The van der Waals surface area contributed by atoms with Crippen LogP contribution in [0.5, 0.6) is 5.75 Å². The zero-order chi connectivity index (χ0) is 17.8. The molecule has 0 radical (unpaired) electrons. The van der Waals surface area contributed by atoms with Crippen molar-refractivity contribution in [3.05, 3.63) is 35.4 Å². The lowest BCUT2D eigenvalue weighted by Gasteiger charge is -2.39. The molecule has 1 aliphatic rings. The van der Waals surface area contributed by atoms with Crippen LogP contribution in [0.1, 0.15) is 18.3 Å². The van der Waals surface area contributed by atoms with Gasteiger partial charge in [-0.2, -0.15) is 4.37 Å². The lowest BCUT2D eigenvalue weighted by atomic mass is 10.1. The zero-order valence-electron chi connectivity index (χ0n) is 14.7. The average molecular weight is 366 g/mol. The molecule has 3 rings (SSSR count). The number of halogens is 1. The SMILES string of the molecule is COCc1nsc(N2CCN(Cc3ccc(OC)c(F)c3)C(C)C2)n1. The number of ether oxygens (including phenoxy) is 2. The molecule has 6 nitrogen and oxygen atoms in total. The van der Waals surface area contributed by atoms with Gasteiger partial charge in [0.15, 0.2) is 17.4 Å². The fraction of sp³-hybridized carbons (Fsp3) is 0.529. The van der Waals surface area contributed by atoms with Gasteiger partial charge >= 0.3 is 0 Å². The number of rotatable bonds is 6. The Morgan fingerprint density at radius 3 is 2.84 bits per heavy atom. The van der Waals surface area contributed by atoms with Gasteiger partial charge in [0.1, 0.15) is 6.61 Å². The minimum atomic E-state index is -0.314. The Hall–Kier alpha value is -1.77. The summed E-state index contributed by atoms with van der Waals surface area (Å²) in [5.74, 6) is 0.696. The Morgan fingerprint density at radius 1 is 1.32 bits per heavy atom. The van der Waals surface area contributed by atoms with Crippen LogP contribution in [0.2, 0.25) is 0 Å². The van der Waals surface area contributed by atoms with Crippen LogP contribution < -0.4 is 9.64 Å². The molecule has 1 unspecified atom stereocenters.